The van der Waals surface area contributed by atoms with Gasteiger partial charge in [0, 0.05) is 42.7 Å². The monoisotopic (exact) mass is 576 g/mol. The molecule has 0 amide bonds. The lowest BCUT2D eigenvalue weighted by Gasteiger charge is -2.14. The van der Waals surface area contributed by atoms with Gasteiger partial charge in [-0.3, -0.25) is 15.0 Å². The van der Waals surface area contributed by atoms with Crippen molar-refractivity contribution in [2.45, 2.75) is 19.4 Å². The third kappa shape index (κ3) is 5.71. The number of pyridine rings is 2. The summed E-state index contributed by atoms with van der Waals surface area (Å²) in [5.74, 6) is 0.705. The molecular weight excluding hydrogens is 543 g/mol. The first-order valence-electron chi connectivity index (χ1n) is 14.6. The molecule has 0 bridgehead atoms. The van der Waals surface area contributed by atoms with Crippen LogP contribution in [0, 0.1) is 5.82 Å². The number of para-hydroxylation sites is 1. The first-order chi connectivity index (χ1) is 21.0. The Balaban J connectivity index is 1.22. The van der Waals surface area contributed by atoms with Gasteiger partial charge in [-0.1, -0.05) is 12.1 Å². The zero-order chi connectivity index (χ0) is 29.3. The summed E-state index contributed by atoms with van der Waals surface area (Å²) in [7, 11) is 3.94. The lowest BCUT2D eigenvalue weighted by atomic mass is 10.0. The van der Waals surface area contributed by atoms with Gasteiger partial charge in [0.1, 0.15) is 23.7 Å². The molecule has 218 valence electrons. The highest BCUT2D eigenvalue weighted by Crippen LogP contribution is 2.34. The minimum Gasteiger partial charge on any atom is -0.492 e. The number of nitrogens with one attached hydrogen (secondary N) is 2. The lowest BCUT2D eigenvalue weighted by molar-refractivity contribution is 0.260. The van der Waals surface area contributed by atoms with E-state index in [1.807, 2.05) is 67.8 Å². The Morgan fingerprint density at radius 3 is 2.67 bits per heavy atom. The Labute approximate surface area is 248 Å². The number of aromatic amines is 2. The van der Waals surface area contributed by atoms with Crippen LogP contribution in [0.1, 0.15) is 18.4 Å². The van der Waals surface area contributed by atoms with Crippen LogP contribution in [0.15, 0.2) is 67.0 Å². The van der Waals surface area contributed by atoms with E-state index in [9.17, 15) is 4.39 Å². The molecule has 1 fully saturated rings. The molecule has 4 aromatic heterocycles. The van der Waals surface area contributed by atoms with Crippen LogP contribution >= 0.6 is 0 Å². The number of aromatic nitrogens is 6. The van der Waals surface area contributed by atoms with Crippen LogP contribution < -0.4 is 4.74 Å². The molecular formula is C33H33FN8O. The van der Waals surface area contributed by atoms with E-state index in [0.29, 0.717) is 40.5 Å². The Morgan fingerprint density at radius 2 is 1.81 bits per heavy atom. The summed E-state index contributed by atoms with van der Waals surface area (Å²) in [5.41, 5.74) is 8.14. The molecule has 0 spiro atoms. The van der Waals surface area contributed by atoms with Gasteiger partial charge in [0.15, 0.2) is 11.5 Å². The molecule has 1 aliphatic heterocycles. The fourth-order valence-corrected chi connectivity index (χ4v) is 5.66. The number of hydrogen-bond acceptors (Lipinski definition) is 7. The predicted molar refractivity (Wildman–Crippen MR) is 166 cm³/mol. The molecule has 43 heavy (non-hydrogen) atoms. The van der Waals surface area contributed by atoms with Gasteiger partial charge in [0.05, 0.1) is 22.2 Å². The van der Waals surface area contributed by atoms with E-state index in [0.717, 1.165) is 54.0 Å². The summed E-state index contributed by atoms with van der Waals surface area (Å²) < 4.78 is 20.5. The number of nitrogens with zero attached hydrogens (tertiary/aromatic N) is 6. The molecule has 1 saturated heterocycles. The predicted octanol–water partition coefficient (Wildman–Crippen LogP) is 5.91. The van der Waals surface area contributed by atoms with Crippen molar-refractivity contribution in [3.05, 3.63) is 78.4 Å². The maximum atomic E-state index is 14.7. The van der Waals surface area contributed by atoms with E-state index < -0.39 is 0 Å². The molecule has 6 aromatic rings. The van der Waals surface area contributed by atoms with Gasteiger partial charge < -0.3 is 14.6 Å². The first kappa shape index (κ1) is 27.2. The third-order valence-corrected chi connectivity index (χ3v) is 7.83. The summed E-state index contributed by atoms with van der Waals surface area (Å²) in [6.45, 7) is 4.37. The van der Waals surface area contributed by atoms with Crippen molar-refractivity contribution in [2.75, 3.05) is 40.3 Å². The molecule has 0 unspecified atom stereocenters. The lowest BCUT2D eigenvalue weighted by Crippen LogP contribution is -2.19. The second-order valence-electron chi connectivity index (χ2n) is 11.3. The fourth-order valence-electron chi connectivity index (χ4n) is 5.66. The number of ether oxygens (including phenoxy) is 1. The first-order valence-corrected chi connectivity index (χ1v) is 14.6. The van der Waals surface area contributed by atoms with Gasteiger partial charge in [0.25, 0.3) is 0 Å². The average Bonchev–Trinajstić information content (AvgIpc) is 3.76. The Morgan fingerprint density at radius 1 is 0.930 bits per heavy atom. The maximum absolute atomic E-state index is 14.7. The van der Waals surface area contributed by atoms with Gasteiger partial charge in [-0.25, -0.2) is 14.4 Å². The van der Waals surface area contributed by atoms with E-state index in [2.05, 4.69) is 31.1 Å². The Kier molecular flexibility index (Phi) is 7.30. The van der Waals surface area contributed by atoms with Gasteiger partial charge >= 0.3 is 0 Å². The molecule has 5 heterocycles. The molecule has 1 aliphatic rings. The Bertz CT molecular complexity index is 1910. The largest absolute Gasteiger partial charge is 0.492 e. The summed E-state index contributed by atoms with van der Waals surface area (Å²) in [4.78, 5) is 22.3. The van der Waals surface area contributed by atoms with Gasteiger partial charge in [-0.15, -0.1) is 0 Å². The second kappa shape index (κ2) is 11.5. The van der Waals surface area contributed by atoms with Crippen molar-refractivity contribution in [1.29, 1.82) is 0 Å². The van der Waals surface area contributed by atoms with Gasteiger partial charge in [0.2, 0.25) is 0 Å². The standard InChI is InChI=1S/C33H33FN8O/c1-41(2)12-13-43-25-16-22(15-24(34)17-25)26-6-5-7-28-30(26)38-33(37-28)32-31-29(39-40-32)9-8-27(36-31)23-14-21(18-35-19-23)20-42-10-3-4-11-42/h5-9,14-19H,3-4,10-13,20H2,1-2H3,(H,37,38)(H,39,40). The molecule has 10 heteroatoms. The van der Waals surface area contributed by atoms with Crippen LogP contribution in [-0.2, 0) is 6.54 Å². The summed E-state index contributed by atoms with van der Waals surface area (Å²) in [6.07, 6.45) is 6.30. The third-order valence-electron chi connectivity index (χ3n) is 7.83. The van der Waals surface area contributed by atoms with Crippen molar-refractivity contribution in [2.24, 2.45) is 0 Å². The number of benzene rings is 2. The van der Waals surface area contributed by atoms with E-state index in [-0.39, 0.29) is 5.82 Å². The van der Waals surface area contributed by atoms with Crippen molar-refractivity contribution in [3.8, 4) is 39.7 Å². The van der Waals surface area contributed by atoms with Gasteiger partial charge in [-0.2, -0.15) is 5.10 Å². The molecule has 0 radical (unpaired) electrons. The number of H-pyrrole nitrogens is 2. The van der Waals surface area contributed by atoms with Crippen molar-refractivity contribution < 1.29 is 9.13 Å². The summed E-state index contributed by atoms with van der Waals surface area (Å²) in [5, 5.41) is 7.67. The SMILES string of the molecule is CN(C)CCOc1cc(F)cc(-c2cccc3[nH]c(-c4n[nH]c5ccc(-c6cncc(CN7CCCC7)c6)nc45)nc23)c1. The highest BCUT2D eigenvalue weighted by molar-refractivity contribution is 5.96. The minimum absolute atomic E-state index is 0.362. The number of halogens is 1. The zero-order valence-corrected chi connectivity index (χ0v) is 24.3. The topological polar surface area (TPSA) is 98.8 Å². The number of likely N-dealkylation sites (N-methyl/N-ethyl adjacent to an activating group) is 1. The van der Waals surface area contributed by atoms with Crippen molar-refractivity contribution in [3.63, 3.8) is 0 Å². The number of likely N-dealkylation sites (tertiary alicyclic amines) is 1. The van der Waals surface area contributed by atoms with Crippen LogP contribution in [0.2, 0.25) is 0 Å². The molecule has 0 saturated carbocycles. The highest BCUT2D eigenvalue weighted by Gasteiger charge is 2.18. The number of hydrogen-bond donors (Lipinski definition) is 2. The number of fused-ring (bicyclic) bond motifs is 2. The number of imidazole rings is 1. The highest BCUT2D eigenvalue weighted by atomic mass is 19.1. The van der Waals surface area contributed by atoms with Crippen molar-refractivity contribution in [1.82, 2.24) is 39.9 Å². The van der Waals surface area contributed by atoms with Crippen LogP contribution in [0.25, 0.3) is 56.0 Å². The molecule has 0 atom stereocenters. The van der Waals surface area contributed by atoms with Crippen LogP contribution in [0.4, 0.5) is 4.39 Å². The summed E-state index contributed by atoms with van der Waals surface area (Å²) >= 11 is 0. The normalized spacial score (nSPS) is 14.0. The van der Waals surface area contributed by atoms with E-state index >= 15 is 0 Å². The summed E-state index contributed by atoms with van der Waals surface area (Å²) in [6, 6.07) is 16.7. The quantitative estimate of drug-likeness (QED) is 0.221. The molecule has 0 aliphatic carbocycles. The molecule has 2 N–H and O–H groups in total. The molecule has 2 aromatic carbocycles. The van der Waals surface area contributed by atoms with E-state index in [1.165, 1.54) is 30.5 Å². The Hall–Kier alpha value is -4.67. The maximum Gasteiger partial charge on any atom is 0.161 e. The van der Waals surface area contributed by atoms with Gasteiger partial charge in [-0.05, 0) is 87.6 Å². The smallest absolute Gasteiger partial charge is 0.161 e. The van der Waals surface area contributed by atoms with Crippen LogP contribution in [0.5, 0.6) is 5.75 Å². The average molecular weight is 577 g/mol. The van der Waals surface area contributed by atoms with Crippen LogP contribution in [-0.4, -0.2) is 80.3 Å². The zero-order valence-electron chi connectivity index (χ0n) is 24.3. The molecule has 7 rings (SSSR count). The molecule has 9 nitrogen and oxygen atoms in total. The van der Waals surface area contributed by atoms with E-state index in [1.54, 1.807) is 0 Å². The van der Waals surface area contributed by atoms with Crippen LogP contribution in [0.3, 0.4) is 0 Å². The van der Waals surface area contributed by atoms with E-state index in [4.69, 9.17) is 14.7 Å². The fraction of sp³-hybridized carbons (Fsp3) is 0.273. The minimum atomic E-state index is -0.362. The number of rotatable bonds is 9. The van der Waals surface area contributed by atoms with Crippen molar-refractivity contribution >= 4 is 22.1 Å². The second-order valence-corrected chi connectivity index (χ2v) is 11.3.